The van der Waals surface area contributed by atoms with Gasteiger partial charge in [0.15, 0.2) is 17.8 Å². The van der Waals surface area contributed by atoms with Crippen LogP contribution in [0.4, 0.5) is 0 Å². The highest BCUT2D eigenvalue weighted by Crippen LogP contribution is 2.22. The highest BCUT2D eigenvalue weighted by molar-refractivity contribution is 5.93. The molecule has 7 heteroatoms. The van der Waals surface area contributed by atoms with Gasteiger partial charge in [-0.3, -0.25) is 0 Å². The summed E-state index contributed by atoms with van der Waals surface area (Å²) < 4.78 is 9.98. The van der Waals surface area contributed by atoms with Crippen molar-refractivity contribution in [2.45, 2.75) is 13.8 Å². The maximum Gasteiger partial charge on any atom is 0.361 e. The standard InChI is InChI=1S/C9H10N4O3/c1-3-15-9(14)7-6(11-13-12-7)8-5(2)10-4-16-8/h4H,3H2,1-2H3,(H,11,12,13). The monoisotopic (exact) mass is 222 g/mol. The van der Waals surface area contributed by atoms with E-state index in [1.54, 1.807) is 13.8 Å². The Bertz CT molecular complexity index is 502. The number of H-pyrrole nitrogens is 1. The highest BCUT2D eigenvalue weighted by atomic mass is 16.5. The van der Waals surface area contributed by atoms with Crippen LogP contribution in [0.2, 0.25) is 0 Å². The van der Waals surface area contributed by atoms with E-state index in [4.69, 9.17) is 9.15 Å². The van der Waals surface area contributed by atoms with Gasteiger partial charge in [-0.05, 0) is 13.8 Å². The fraction of sp³-hybridized carbons (Fsp3) is 0.333. The number of nitrogens with one attached hydrogen (secondary N) is 1. The van der Waals surface area contributed by atoms with Crippen molar-refractivity contribution in [3.8, 4) is 11.5 Å². The predicted molar refractivity (Wildman–Crippen MR) is 52.6 cm³/mol. The van der Waals surface area contributed by atoms with Crippen LogP contribution in [0, 0.1) is 6.92 Å². The minimum Gasteiger partial charge on any atom is -0.461 e. The molecule has 0 radical (unpaired) electrons. The first-order valence-electron chi connectivity index (χ1n) is 4.72. The third kappa shape index (κ3) is 1.67. The molecule has 0 atom stereocenters. The summed E-state index contributed by atoms with van der Waals surface area (Å²) in [5.74, 6) is -0.126. The number of nitrogens with zero attached hydrogens (tertiary/aromatic N) is 3. The summed E-state index contributed by atoms with van der Waals surface area (Å²) >= 11 is 0. The summed E-state index contributed by atoms with van der Waals surface area (Å²) in [7, 11) is 0. The van der Waals surface area contributed by atoms with E-state index in [0.29, 0.717) is 17.1 Å². The van der Waals surface area contributed by atoms with Crippen molar-refractivity contribution in [3.05, 3.63) is 17.8 Å². The molecule has 0 aliphatic heterocycles. The van der Waals surface area contributed by atoms with Gasteiger partial charge in [-0.25, -0.2) is 9.78 Å². The summed E-state index contributed by atoms with van der Waals surface area (Å²) in [5, 5.41) is 9.95. The van der Waals surface area contributed by atoms with Crippen LogP contribution in [0.3, 0.4) is 0 Å². The zero-order valence-corrected chi connectivity index (χ0v) is 8.85. The van der Waals surface area contributed by atoms with Crippen molar-refractivity contribution in [2.75, 3.05) is 6.61 Å². The molecular formula is C9H10N4O3. The quantitative estimate of drug-likeness (QED) is 0.777. The third-order valence-corrected chi connectivity index (χ3v) is 1.98. The number of rotatable bonds is 3. The van der Waals surface area contributed by atoms with E-state index in [1.165, 1.54) is 6.39 Å². The van der Waals surface area contributed by atoms with Crippen LogP contribution in [-0.4, -0.2) is 33.0 Å². The zero-order chi connectivity index (χ0) is 11.5. The lowest BCUT2D eigenvalue weighted by molar-refractivity contribution is 0.0520. The minimum absolute atomic E-state index is 0.0988. The molecule has 2 heterocycles. The number of oxazole rings is 1. The molecule has 0 bridgehead atoms. The first kappa shape index (κ1) is 10.3. The van der Waals surface area contributed by atoms with Gasteiger partial charge >= 0.3 is 5.97 Å². The van der Waals surface area contributed by atoms with Gasteiger partial charge < -0.3 is 9.15 Å². The molecule has 0 aromatic carbocycles. The first-order valence-corrected chi connectivity index (χ1v) is 4.72. The van der Waals surface area contributed by atoms with Crippen molar-refractivity contribution in [1.82, 2.24) is 20.4 Å². The molecule has 0 fully saturated rings. The second-order valence-electron chi connectivity index (χ2n) is 3.01. The summed E-state index contributed by atoms with van der Waals surface area (Å²) in [6.45, 7) is 3.75. The van der Waals surface area contributed by atoms with Crippen molar-refractivity contribution in [1.29, 1.82) is 0 Å². The largest absolute Gasteiger partial charge is 0.461 e. The van der Waals surface area contributed by atoms with Gasteiger partial charge in [-0.1, -0.05) is 0 Å². The van der Waals surface area contributed by atoms with Gasteiger partial charge in [0.2, 0.25) is 5.69 Å². The Morgan fingerprint density at radius 1 is 1.56 bits per heavy atom. The topological polar surface area (TPSA) is 93.9 Å². The normalized spacial score (nSPS) is 10.4. The Labute approximate surface area is 90.8 Å². The van der Waals surface area contributed by atoms with Crippen LogP contribution in [0.15, 0.2) is 10.8 Å². The number of hydrogen-bond donors (Lipinski definition) is 1. The average molecular weight is 222 g/mol. The van der Waals surface area contributed by atoms with Crippen molar-refractivity contribution in [3.63, 3.8) is 0 Å². The third-order valence-electron chi connectivity index (χ3n) is 1.98. The van der Waals surface area contributed by atoms with Gasteiger partial charge in [-0.15, -0.1) is 5.10 Å². The van der Waals surface area contributed by atoms with Crippen molar-refractivity contribution >= 4 is 5.97 Å². The molecule has 0 unspecified atom stereocenters. The second kappa shape index (κ2) is 4.13. The Balaban J connectivity index is 2.40. The molecule has 0 aliphatic rings. The van der Waals surface area contributed by atoms with Crippen molar-refractivity contribution in [2.24, 2.45) is 0 Å². The van der Waals surface area contributed by atoms with Gasteiger partial charge in [-0.2, -0.15) is 10.3 Å². The van der Waals surface area contributed by atoms with Crippen LogP contribution in [0.1, 0.15) is 23.1 Å². The molecule has 16 heavy (non-hydrogen) atoms. The van der Waals surface area contributed by atoms with Gasteiger partial charge in [0, 0.05) is 0 Å². The maximum absolute atomic E-state index is 11.5. The SMILES string of the molecule is CCOC(=O)c1n[nH]nc1-c1ocnc1C. The Morgan fingerprint density at radius 2 is 2.38 bits per heavy atom. The zero-order valence-electron chi connectivity index (χ0n) is 8.85. The lowest BCUT2D eigenvalue weighted by Crippen LogP contribution is -2.06. The number of esters is 1. The molecule has 0 saturated heterocycles. The number of carbonyl (C=O) groups excluding carboxylic acids is 1. The predicted octanol–water partition coefficient (Wildman–Crippen LogP) is 0.945. The fourth-order valence-electron chi connectivity index (χ4n) is 1.26. The summed E-state index contributed by atoms with van der Waals surface area (Å²) in [5.41, 5.74) is 1.05. The number of aryl methyl sites for hydroxylation is 1. The summed E-state index contributed by atoms with van der Waals surface area (Å²) in [6.07, 6.45) is 1.29. The number of aromatic amines is 1. The van der Waals surface area contributed by atoms with Crippen molar-refractivity contribution < 1.29 is 13.9 Å². The molecule has 0 spiro atoms. The van der Waals surface area contributed by atoms with Gasteiger partial charge in [0.1, 0.15) is 0 Å². The van der Waals surface area contributed by atoms with Crippen LogP contribution < -0.4 is 0 Å². The van der Waals surface area contributed by atoms with Gasteiger partial charge in [0.05, 0.1) is 12.3 Å². The van der Waals surface area contributed by atoms with Gasteiger partial charge in [0.25, 0.3) is 0 Å². The molecule has 2 rings (SSSR count). The van der Waals surface area contributed by atoms with Crippen LogP contribution >= 0.6 is 0 Å². The summed E-state index contributed by atoms with van der Waals surface area (Å²) in [6, 6.07) is 0. The summed E-state index contributed by atoms with van der Waals surface area (Å²) in [4.78, 5) is 15.4. The molecule has 0 aliphatic carbocycles. The number of aromatic nitrogens is 4. The molecule has 84 valence electrons. The van der Waals surface area contributed by atoms with E-state index >= 15 is 0 Å². The number of carbonyl (C=O) groups is 1. The van der Waals surface area contributed by atoms with E-state index in [0.717, 1.165) is 0 Å². The van der Waals surface area contributed by atoms with Crippen LogP contribution in [-0.2, 0) is 4.74 Å². The molecule has 2 aromatic rings. The average Bonchev–Trinajstić information content (AvgIpc) is 2.85. The number of ether oxygens (including phenoxy) is 1. The molecule has 0 saturated carbocycles. The lowest BCUT2D eigenvalue weighted by Gasteiger charge is -1.98. The Morgan fingerprint density at radius 3 is 3.00 bits per heavy atom. The number of hydrogen-bond acceptors (Lipinski definition) is 6. The van der Waals surface area contributed by atoms with E-state index < -0.39 is 5.97 Å². The smallest absolute Gasteiger partial charge is 0.361 e. The molecule has 7 nitrogen and oxygen atoms in total. The van der Waals surface area contributed by atoms with Crippen LogP contribution in [0.25, 0.3) is 11.5 Å². The van der Waals surface area contributed by atoms with E-state index in [-0.39, 0.29) is 12.3 Å². The fourth-order valence-corrected chi connectivity index (χ4v) is 1.26. The van der Waals surface area contributed by atoms with E-state index in [9.17, 15) is 4.79 Å². The molecular weight excluding hydrogens is 212 g/mol. The maximum atomic E-state index is 11.5. The first-order chi connectivity index (χ1) is 7.74. The van der Waals surface area contributed by atoms with E-state index in [1.807, 2.05) is 0 Å². The Kier molecular flexibility index (Phi) is 2.67. The highest BCUT2D eigenvalue weighted by Gasteiger charge is 2.22. The molecule has 2 aromatic heterocycles. The second-order valence-corrected chi connectivity index (χ2v) is 3.01. The Hall–Kier alpha value is -2.18. The lowest BCUT2D eigenvalue weighted by atomic mass is 10.2. The minimum atomic E-state index is -0.540. The van der Waals surface area contributed by atoms with Crippen LogP contribution in [0.5, 0.6) is 0 Å². The molecule has 0 amide bonds. The molecule has 1 N–H and O–H groups in total. The van der Waals surface area contributed by atoms with E-state index in [2.05, 4.69) is 20.4 Å².